The molecule has 0 heterocycles. The van der Waals surface area contributed by atoms with Crippen LogP contribution in [0.5, 0.6) is 5.75 Å². The third kappa shape index (κ3) is 1.98. The van der Waals surface area contributed by atoms with Crippen molar-refractivity contribution in [1.82, 2.24) is 0 Å². The molecule has 0 unspecified atom stereocenters. The van der Waals surface area contributed by atoms with E-state index in [-0.39, 0.29) is 11.3 Å². The van der Waals surface area contributed by atoms with E-state index in [1.54, 1.807) is 0 Å². The summed E-state index contributed by atoms with van der Waals surface area (Å²) in [6.07, 6.45) is 0. The number of carbonyl (C=O) groups is 1. The fraction of sp³-hybridized carbons (Fsp3) is 0. The molecule has 0 spiro atoms. The average Bonchev–Trinajstić information content (AvgIpc) is 2.07. The highest BCUT2D eigenvalue weighted by molar-refractivity contribution is 14.1. The lowest BCUT2D eigenvalue weighted by Gasteiger charge is -2.06. The minimum atomic E-state index is -1.16. The average molecular weight is 405 g/mol. The van der Waals surface area contributed by atoms with Gasteiger partial charge in [-0.05, 0) is 51.2 Å². The summed E-state index contributed by atoms with van der Waals surface area (Å²) in [6.45, 7) is 0. The van der Waals surface area contributed by atoms with Gasteiger partial charge >= 0.3 is 5.97 Å². The number of anilines is 1. The highest BCUT2D eigenvalue weighted by atomic mass is 127. The molecule has 4 N–H and O–H groups in total. The Labute approximate surface area is 101 Å². The number of nitrogen functional groups attached to an aromatic ring is 1. The number of nitrogens with two attached hydrogens (primary N) is 1. The molecule has 0 atom stereocenters. The number of carboxylic acid groups (broad SMARTS) is 1. The van der Waals surface area contributed by atoms with Crippen LogP contribution in [0.25, 0.3) is 0 Å². The van der Waals surface area contributed by atoms with Crippen molar-refractivity contribution in [3.8, 4) is 5.75 Å². The molecular weight excluding hydrogens is 400 g/mol. The van der Waals surface area contributed by atoms with Gasteiger partial charge in [0.05, 0.1) is 9.26 Å². The molecule has 0 radical (unpaired) electrons. The van der Waals surface area contributed by atoms with Gasteiger partial charge in [0.15, 0.2) is 0 Å². The maximum absolute atomic E-state index is 10.6. The van der Waals surface area contributed by atoms with Crippen LogP contribution in [0.1, 0.15) is 10.4 Å². The molecule has 4 nitrogen and oxygen atoms in total. The monoisotopic (exact) mass is 405 g/mol. The molecule has 0 saturated carbocycles. The molecule has 1 aromatic carbocycles. The molecule has 0 bridgehead atoms. The van der Waals surface area contributed by atoms with Gasteiger partial charge in [0.2, 0.25) is 0 Å². The Morgan fingerprint density at radius 3 is 2.46 bits per heavy atom. The Hall–Kier alpha value is -0.250. The summed E-state index contributed by atoms with van der Waals surface area (Å²) in [5, 5.41) is 18.1. The number of hydrogen-bond donors (Lipinski definition) is 3. The zero-order valence-corrected chi connectivity index (χ0v) is 10.5. The van der Waals surface area contributed by atoms with Crippen LogP contribution in [0.3, 0.4) is 0 Å². The van der Waals surface area contributed by atoms with E-state index >= 15 is 0 Å². The van der Waals surface area contributed by atoms with Crippen molar-refractivity contribution in [3.05, 3.63) is 18.8 Å². The number of rotatable bonds is 1. The Morgan fingerprint density at radius 1 is 1.46 bits per heavy atom. The fourth-order valence-electron chi connectivity index (χ4n) is 0.786. The molecule has 1 aromatic rings. The predicted molar refractivity (Wildman–Crippen MR) is 64.9 cm³/mol. The predicted octanol–water partition coefficient (Wildman–Crippen LogP) is 1.88. The second-order valence-electron chi connectivity index (χ2n) is 2.29. The lowest BCUT2D eigenvalue weighted by molar-refractivity contribution is 0.0693. The number of halogens is 2. The van der Waals surface area contributed by atoms with E-state index < -0.39 is 5.97 Å². The van der Waals surface area contributed by atoms with Crippen LogP contribution < -0.4 is 5.73 Å². The largest absolute Gasteiger partial charge is 0.506 e. The van der Waals surface area contributed by atoms with Gasteiger partial charge in [0.25, 0.3) is 0 Å². The van der Waals surface area contributed by atoms with Crippen molar-refractivity contribution in [2.45, 2.75) is 0 Å². The van der Waals surface area contributed by atoms with Crippen LogP contribution in [0, 0.1) is 7.14 Å². The molecule has 0 saturated heterocycles. The Bertz CT molecular complexity index is 378. The normalized spacial score (nSPS) is 10.0. The van der Waals surface area contributed by atoms with Crippen LogP contribution in [-0.2, 0) is 0 Å². The van der Waals surface area contributed by atoms with Crippen LogP contribution >= 0.6 is 45.2 Å². The van der Waals surface area contributed by atoms with E-state index in [2.05, 4.69) is 0 Å². The topological polar surface area (TPSA) is 83.6 Å². The second kappa shape index (κ2) is 3.86. The maximum atomic E-state index is 10.6. The van der Waals surface area contributed by atoms with E-state index in [9.17, 15) is 9.90 Å². The van der Waals surface area contributed by atoms with Gasteiger partial charge in [0.1, 0.15) is 11.3 Å². The zero-order valence-electron chi connectivity index (χ0n) is 6.21. The Balaban J connectivity index is 3.50. The summed E-state index contributed by atoms with van der Waals surface area (Å²) >= 11 is 3.73. The fourth-order valence-corrected chi connectivity index (χ4v) is 2.46. The number of phenols is 1. The molecular formula is C7H5I2NO3. The molecule has 0 aliphatic heterocycles. The molecule has 70 valence electrons. The summed E-state index contributed by atoms with van der Waals surface area (Å²) in [7, 11) is 0. The van der Waals surface area contributed by atoms with Crippen LogP contribution in [0.4, 0.5) is 5.69 Å². The summed E-state index contributed by atoms with van der Waals surface area (Å²) in [4.78, 5) is 10.6. The first-order valence-electron chi connectivity index (χ1n) is 3.15. The van der Waals surface area contributed by atoms with E-state index in [0.29, 0.717) is 12.8 Å². The van der Waals surface area contributed by atoms with Crippen LogP contribution in [0.2, 0.25) is 0 Å². The minimum Gasteiger partial charge on any atom is -0.506 e. The first-order valence-corrected chi connectivity index (χ1v) is 5.30. The quantitative estimate of drug-likeness (QED) is 0.493. The highest BCUT2D eigenvalue weighted by Crippen LogP contribution is 2.33. The number of carboxylic acids is 1. The third-order valence-electron chi connectivity index (χ3n) is 1.46. The molecule has 0 fully saturated rings. The summed E-state index contributed by atoms with van der Waals surface area (Å²) in [6, 6.07) is 1.34. The summed E-state index contributed by atoms with van der Waals surface area (Å²) in [5.74, 6) is -1.43. The van der Waals surface area contributed by atoms with E-state index in [1.165, 1.54) is 6.07 Å². The van der Waals surface area contributed by atoms with Gasteiger partial charge in [-0.15, -0.1) is 0 Å². The minimum absolute atomic E-state index is 0.122. The number of aromatic hydroxyl groups is 1. The first kappa shape index (κ1) is 10.8. The van der Waals surface area contributed by atoms with Crippen LogP contribution in [0.15, 0.2) is 6.07 Å². The van der Waals surface area contributed by atoms with E-state index in [4.69, 9.17) is 10.8 Å². The molecule has 6 heteroatoms. The summed E-state index contributed by atoms with van der Waals surface area (Å²) < 4.78 is 0.999. The van der Waals surface area contributed by atoms with Gasteiger partial charge in [-0.1, -0.05) is 0 Å². The Morgan fingerprint density at radius 2 is 2.00 bits per heavy atom. The first-order chi connectivity index (χ1) is 5.95. The SMILES string of the molecule is Nc1c(I)cc(C(=O)O)c(O)c1I. The van der Waals surface area contributed by atoms with Crippen molar-refractivity contribution in [2.75, 3.05) is 5.73 Å². The number of benzene rings is 1. The van der Waals surface area contributed by atoms with Gasteiger partial charge in [-0.2, -0.15) is 0 Å². The highest BCUT2D eigenvalue weighted by Gasteiger charge is 2.16. The smallest absolute Gasteiger partial charge is 0.339 e. The van der Waals surface area contributed by atoms with Gasteiger partial charge in [-0.25, -0.2) is 4.79 Å². The van der Waals surface area contributed by atoms with Crippen molar-refractivity contribution in [2.24, 2.45) is 0 Å². The number of aromatic carboxylic acids is 1. The van der Waals surface area contributed by atoms with Crippen molar-refractivity contribution < 1.29 is 15.0 Å². The molecule has 1 rings (SSSR count). The van der Waals surface area contributed by atoms with Crippen LogP contribution in [-0.4, -0.2) is 16.2 Å². The second-order valence-corrected chi connectivity index (χ2v) is 4.53. The van der Waals surface area contributed by atoms with Crippen molar-refractivity contribution in [3.63, 3.8) is 0 Å². The van der Waals surface area contributed by atoms with E-state index in [1.807, 2.05) is 45.2 Å². The molecule has 0 amide bonds. The Kier molecular flexibility index (Phi) is 3.22. The molecule has 0 aliphatic carbocycles. The van der Waals surface area contributed by atoms with Crippen molar-refractivity contribution >= 4 is 56.8 Å². The van der Waals surface area contributed by atoms with Gasteiger partial charge in [0, 0.05) is 3.57 Å². The maximum Gasteiger partial charge on any atom is 0.339 e. The number of hydrogen-bond acceptors (Lipinski definition) is 3. The molecule has 13 heavy (non-hydrogen) atoms. The lowest BCUT2D eigenvalue weighted by atomic mass is 10.2. The lowest BCUT2D eigenvalue weighted by Crippen LogP contribution is -2.02. The third-order valence-corrected chi connectivity index (χ3v) is 3.44. The molecule has 0 aliphatic rings. The van der Waals surface area contributed by atoms with Gasteiger partial charge < -0.3 is 15.9 Å². The van der Waals surface area contributed by atoms with Gasteiger partial charge in [-0.3, -0.25) is 0 Å². The standard InChI is InChI=1S/C7H5I2NO3/c8-3-1-2(7(12)13)6(11)4(9)5(3)10/h1,11H,10H2,(H,12,13). The zero-order chi connectivity index (χ0) is 10.2. The van der Waals surface area contributed by atoms with E-state index in [0.717, 1.165) is 0 Å². The van der Waals surface area contributed by atoms with Crippen molar-refractivity contribution in [1.29, 1.82) is 0 Å². The molecule has 0 aromatic heterocycles. The summed E-state index contributed by atoms with van der Waals surface area (Å²) in [5.41, 5.74) is 5.87.